The fourth-order valence-corrected chi connectivity index (χ4v) is 6.80. The molecule has 0 radical (unpaired) electrons. The van der Waals surface area contributed by atoms with Gasteiger partial charge in [0.2, 0.25) is 0 Å². The second kappa shape index (κ2) is 11.7. The highest BCUT2D eigenvalue weighted by Gasteiger charge is 2.36. The van der Waals surface area contributed by atoms with E-state index in [1.54, 1.807) is 11.1 Å². The van der Waals surface area contributed by atoms with E-state index in [2.05, 4.69) is 11.9 Å². The summed E-state index contributed by atoms with van der Waals surface area (Å²) < 4.78 is 0. The van der Waals surface area contributed by atoms with E-state index in [1.807, 2.05) is 85.1 Å². The number of rotatable bonds is 5. The molecule has 2 aliphatic rings. The first-order valence-corrected chi connectivity index (χ1v) is 15.6. The molecule has 2 saturated heterocycles. The zero-order valence-electron chi connectivity index (χ0n) is 24.4. The number of likely N-dealkylation sites (N-methyl/N-ethyl adjacent to an activating group) is 1. The number of aliphatic hydroxyl groups is 2. The van der Waals surface area contributed by atoms with E-state index in [9.17, 15) is 15.0 Å². The van der Waals surface area contributed by atoms with Crippen molar-refractivity contribution in [2.45, 2.75) is 19.8 Å². The summed E-state index contributed by atoms with van der Waals surface area (Å²) in [6.07, 6.45) is 1.78. The lowest BCUT2D eigenvalue weighted by molar-refractivity contribution is -0.273. The number of thioether (sulfide) groups is 1. The van der Waals surface area contributed by atoms with Crippen molar-refractivity contribution in [3.05, 3.63) is 83.0 Å². The summed E-state index contributed by atoms with van der Waals surface area (Å²) in [5.41, 5.74) is 7.97. The number of nitrogens with zero attached hydrogens (tertiary/aromatic N) is 5. The fraction of sp³-hybridized carbons (Fsp3) is 0.364. The molecule has 218 valence electrons. The van der Waals surface area contributed by atoms with Crippen LogP contribution in [0.1, 0.15) is 27.0 Å². The maximum absolute atomic E-state index is 13.2. The number of benzene rings is 3. The number of aryl methyl sites for hydroxylation is 2. The van der Waals surface area contributed by atoms with Gasteiger partial charge in [-0.25, -0.2) is 9.88 Å². The Bertz CT molecular complexity index is 1630. The van der Waals surface area contributed by atoms with Gasteiger partial charge in [0.1, 0.15) is 0 Å². The van der Waals surface area contributed by atoms with Crippen LogP contribution in [0.4, 0.5) is 0 Å². The molecular weight excluding hydrogens is 546 g/mol. The highest BCUT2D eigenvalue weighted by atomic mass is 32.2. The molecule has 0 aliphatic carbocycles. The van der Waals surface area contributed by atoms with Gasteiger partial charge in [-0.15, -0.1) is 0 Å². The lowest BCUT2D eigenvalue weighted by atomic mass is 9.96. The lowest BCUT2D eigenvalue weighted by Gasteiger charge is -2.38. The van der Waals surface area contributed by atoms with Crippen molar-refractivity contribution in [3.8, 4) is 22.4 Å². The van der Waals surface area contributed by atoms with E-state index in [1.165, 1.54) is 0 Å². The molecule has 4 aromatic rings. The summed E-state index contributed by atoms with van der Waals surface area (Å²) in [7, 11) is 2.08. The van der Waals surface area contributed by atoms with Crippen molar-refractivity contribution in [1.82, 2.24) is 24.7 Å². The Morgan fingerprint density at radius 2 is 1.60 bits per heavy atom. The van der Waals surface area contributed by atoms with E-state index < -0.39 is 5.91 Å². The van der Waals surface area contributed by atoms with Crippen molar-refractivity contribution >= 4 is 28.7 Å². The number of fused-ring (bicyclic) bond motifs is 1. The molecule has 1 amide bonds. The molecule has 0 atom stereocenters. The summed E-state index contributed by atoms with van der Waals surface area (Å²) in [6.45, 7) is 8.40. The van der Waals surface area contributed by atoms with E-state index >= 15 is 0 Å². The number of carbonyl (C=O) groups is 1. The van der Waals surface area contributed by atoms with Crippen molar-refractivity contribution in [1.29, 1.82) is 0 Å². The van der Waals surface area contributed by atoms with E-state index in [4.69, 9.17) is 9.97 Å². The van der Waals surface area contributed by atoms with Gasteiger partial charge in [0.05, 0.1) is 22.9 Å². The molecule has 3 aromatic carbocycles. The van der Waals surface area contributed by atoms with Gasteiger partial charge >= 0.3 is 0 Å². The highest BCUT2D eigenvalue weighted by molar-refractivity contribution is 7.99. The highest BCUT2D eigenvalue weighted by Crippen LogP contribution is 2.34. The molecule has 6 rings (SSSR count). The van der Waals surface area contributed by atoms with Crippen LogP contribution in [0, 0.1) is 13.8 Å². The topological polar surface area (TPSA) is 93.0 Å². The molecule has 8 nitrogen and oxygen atoms in total. The van der Waals surface area contributed by atoms with Gasteiger partial charge in [0.25, 0.3) is 11.8 Å². The first-order valence-electron chi connectivity index (χ1n) is 14.5. The SMILES string of the molecule is Cc1cc(-c2cnc3cccc(-c4ccc(C(O)(O)N5CCSCC5)c(C)c4)c3n2)ccc1C(=O)N1CCN(C)CC1. The molecule has 1 aromatic heterocycles. The maximum atomic E-state index is 13.2. The molecule has 9 heteroatoms. The Morgan fingerprint density at radius 3 is 2.31 bits per heavy atom. The van der Waals surface area contributed by atoms with Crippen molar-refractivity contribution in [2.24, 2.45) is 0 Å². The van der Waals surface area contributed by atoms with Crippen molar-refractivity contribution < 1.29 is 15.0 Å². The zero-order chi connectivity index (χ0) is 29.4. The number of carbonyl (C=O) groups excluding carboxylic acids is 1. The average Bonchev–Trinajstić information content (AvgIpc) is 3.00. The predicted molar refractivity (Wildman–Crippen MR) is 168 cm³/mol. The minimum atomic E-state index is -2.01. The molecule has 0 saturated carbocycles. The zero-order valence-corrected chi connectivity index (χ0v) is 25.2. The van der Waals surface area contributed by atoms with Crippen LogP contribution in [0.3, 0.4) is 0 Å². The number of para-hydroxylation sites is 1. The average molecular weight is 584 g/mol. The largest absolute Gasteiger partial charge is 0.349 e. The molecule has 0 spiro atoms. The van der Waals surface area contributed by atoms with Crippen molar-refractivity contribution in [3.63, 3.8) is 0 Å². The van der Waals surface area contributed by atoms with Crippen LogP contribution in [0.5, 0.6) is 0 Å². The van der Waals surface area contributed by atoms with Crippen LogP contribution in [0.2, 0.25) is 0 Å². The second-order valence-corrected chi connectivity index (χ2v) is 12.5. The summed E-state index contributed by atoms with van der Waals surface area (Å²) >= 11 is 1.83. The van der Waals surface area contributed by atoms with Gasteiger partial charge in [-0.1, -0.05) is 36.4 Å². The summed E-state index contributed by atoms with van der Waals surface area (Å²) in [5, 5.41) is 22.1. The van der Waals surface area contributed by atoms with Gasteiger partial charge in [-0.05, 0) is 55.8 Å². The fourth-order valence-electron chi connectivity index (χ4n) is 5.90. The van der Waals surface area contributed by atoms with Gasteiger partial charge < -0.3 is 20.0 Å². The quantitative estimate of drug-likeness (QED) is 0.339. The van der Waals surface area contributed by atoms with Crippen molar-refractivity contribution in [2.75, 3.05) is 57.8 Å². The third-order valence-electron chi connectivity index (χ3n) is 8.47. The van der Waals surface area contributed by atoms with Gasteiger partial charge in [0.15, 0.2) is 0 Å². The minimum Gasteiger partial charge on any atom is -0.349 e. The first-order chi connectivity index (χ1) is 20.2. The molecule has 0 unspecified atom stereocenters. The number of aromatic nitrogens is 2. The summed E-state index contributed by atoms with van der Waals surface area (Å²) in [5.74, 6) is -0.172. The molecule has 2 N–H and O–H groups in total. The molecule has 2 fully saturated rings. The molecule has 3 heterocycles. The molecular formula is C33H37N5O3S. The second-order valence-electron chi connectivity index (χ2n) is 11.3. The van der Waals surface area contributed by atoms with Gasteiger partial charge in [0, 0.05) is 73.0 Å². The summed E-state index contributed by atoms with van der Waals surface area (Å²) in [4.78, 5) is 28.9. The van der Waals surface area contributed by atoms with Crippen LogP contribution >= 0.6 is 11.8 Å². The predicted octanol–water partition coefficient (Wildman–Crippen LogP) is 4.11. The monoisotopic (exact) mass is 583 g/mol. The third-order valence-corrected chi connectivity index (χ3v) is 9.41. The van der Waals surface area contributed by atoms with E-state index in [0.29, 0.717) is 18.7 Å². The van der Waals surface area contributed by atoms with Crippen LogP contribution < -0.4 is 0 Å². The minimum absolute atomic E-state index is 0.0757. The Balaban J connectivity index is 1.31. The first kappa shape index (κ1) is 28.8. The Hall–Kier alpha value is -3.34. The normalized spacial score (nSPS) is 17.1. The maximum Gasteiger partial charge on any atom is 0.254 e. The van der Waals surface area contributed by atoms with Gasteiger partial charge in [-0.3, -0.25) is 9.78 Å². The van der Waals surface area contributed by atoms with Crippen LogP contribution in [-0.4, -0.2) is 98.6 Å². The lowest BCUT2D eigenvalue weighted by Crippen LogP contribution is -2.50. The van der Waals surface area contributed by atoms with Crippen LogP contribution in [0.25, 0.3) is 33.4 Å². The standard InChI is InChI=1S/C33H37N5O3S/c1-22-19-25(7-9-26(22)32(39)37-13-11-36(3)12-14-37)30-21-34-29-6-4-5-27(31(29)35-30)24-8-10-28(23(2)20-24)33(40,41)38-15-17-42-18-16-38/h4-10,19-21,40-41H,11-18H2,1-3H3. The molecule has 0 bridgehead atoms. The molecule has 2 aliphatic heterocycles. The number of piperazine rings is 1. The Kier molecular flexibility index (Phi) is 8.04. The van der Waals surface area contributed by atoms with E-state index in [-0.39, 0.29) is 5.91 Å². The number of hydrogen-bond acceptors (Lipinski definition) is 8. The molecule has 42 heavy (non-hydrogen) atoms. The Morgan fingerprint density at radius 1 is 0.881 bits per heavy atom. The third kappa shape index (κ3) is 5.55. The Labute approximate surface area is 251 Å². The van der Waals surface area contributed by atoms with E-state index in [0.717, 1.165) is 87.8 Å². The summed E-state index contributed by atoms with van der Waals surface area (Å²) in [6, 6.07) is 17.5. The van der Waals surface area contributed by atoms with Gasteiger partial charge in [-0.2, -0.15) is 11.8 Å². The van der Waals surface area contributed by atoms with Crippen LogP contribution in [0.15, 0.2) is 60.8 Å². The number of hydrogen-bond donors (Lipinski definition) is 2. The smallest absolute Gasteiger partial charge is 0.254 e. The van der Waals surface area contributed by atoms with Crippen LogP contribution in [-0.2, 0) is 5.91 Å². The number of amides is 1.